The monoisotopic (exact) mass is 562 g/mol. The van der Waals surface area contributed by atoms with Gasteiger partial charge in [0.05, 0.1) is 49.6 Å². The number of nitrogens with one attached hydrogen (secondary N) is 2. The van der Waals surface area contributed by atoms with Gasteiger partial charge in [0.25, 0.3) is 34.6 Å². The molecule has 0 bridgehead atoms. The lowest BCUT2D eigenvalue weighted by molar-refractivity contribution is -0.394. The number of carbonyl (C=O) groups is 3. The fraction of sp³-hybridized carbons (Fsp3) is 0.318. The van der Waals surface area contributed by atoms with Crippen molar-refractivity contribution in [2.75, 3.05) is 13.2 Å². The van der Waals surface area contributed by atoms with Crippen LogP contribution in [0.3, 0.4) is 0 Å². The van der Waals surface area contributed by atoms with Gasteiger partial charge in [-0.1, -0.05) is 0 Å². The van der Waals surface area contributed by atoms with Crippen molar-refractivity contribution in [1.82, 2.24) is 10.6 Å². The number of rotatable bonds is 14. The molecule has 0 aromatic heterocycles. The van der Waals surface area contributed by atoms with E-state index in [0.29, 0.717) is 12.1 Å². The van der Waals surface area contributed by atoms with Crippen LogP contribution in [0.2, 0.25) is 0 Å². The number of amides is 2. The maximum Gasteiger partial charge on any atom is 0.328 e. The molecule has 2 aromatic carbocycles. The number of unbranched alkanes of at least 4 members (excludes halogenated alkanes) is 1. The molecular weight excluding hydrogens is 540 g/mol. The predicted octanol–water partition coefficient (Wildman–Crippen LogP) is 2.58. The van der Waals surface area contributed by atoms with Gasteiger partial charge in [-0.25, -0.2) is 4.79 Å². The Bertz CT molecular complexity index is 1300. The summed E-state index contributed by atoms with van der Waals surface area (Å²) in [6, 6.07) is 3.56. The van der Waals surface area contributed by atoms with E-state index in [1.54, 1.807) is 0 Å². The van der Waals surface area contributed by atoms with Gasteiger partial charge >= 0.3 is 5.97 Å². The second-order valence-electron chi connectivity index (χ2n) is 8.03. The van der Waals surface area contributed by atoms with Gasteiger partial charge in [0.2, 0.25) is 0 Å². The Labute approximate surface area is 223 Å². The molecule has 18 heteroatoms. The number of hydrogen-bond acceptors (Lipinski definition) is 12. The number of esters is 1. The number of ether oxygens (including phenoxy) is 1. The summed E-state index contributed by atoms with van der Waals surface area (Å²) in [5.41, 5.74) is -3.39. The molecule has 0 saturated heterocycles. The molecule has 0 aliphatic heterocycles. The molecule has 1 atom stereocenters. The molecule has 40 heavy (non-hydrogen) atoms. The second-order valence-corrected chi connectivity index (χ2v) is 8.03. The first kappa shape index (κ1) is 30.7. The smallest absolute Gasteiger partial charge is 0.328 e. The highest BCUT2D eigenvalue weighted by Crippen LogP contribution is 2.24. The van der Waals surface area contributed by atoms with E-state index in [0.717, 1.165) is 24.3 Å². The van der Waals surface area contributed by atoms with Crippen molar-refractivity contribution in [1.29, 1.82) is 0 Å². The number of hydrogen-bond donors (Lipinski definition) is 2. The summed E-state index contributed by atoms with van der Waals surface area (Å²) < 4.78 is 4.93. The van der Waals surface area contributed by atoms with E-state index in [2.05, 4.69) is 10.6 Å². The van der Waals surface area contributed by atoms with E-state index in [1.807, 2.05) is 0 Å². The Kier molecular flexibility index (Phi) is 10.6. The third-order valence-corrected chi connectivity index (χ3v) is 5.25. The van der Waals surface area contributed by atoms with Gasteiger partial charge in [0.15, 0.2) is 0 Å². The van der Waals surface area contributed by atoms with Gasteiger partial charge in [-0.2, -0.15) is 0 Å². The summed E-state index contributed by atoms with van der Waals surface area (Å²) in [5.74, 6) is -2.64. The van der Waals surface area contributed by atoms with Crippen LogP contribution < -0.4 is 10.6 Å². The van der Waals surface area contributed by atoms with Crippen LogP contribution in [0.5, 0.6) is 0 Å². The standard InChI is InChI=1S/C22H22N6O12/c1-2-40-22(31)19(24-21(30)14-9-17(27(36)37)12-18(10-14)28(38)39)5-3-4-6-23-20(29)13-7-15(25(32)33)11-16(8-13)26(34)35/h7-12,19H,2-6H2,1H3,(H,23,29)(H,24,30). The van der Waals surface area contributed by atoms with E-state index in [1.165, 1.54) is 6.92 Å². The molecule has 0 aliphatic carbocycles. The van der Waals surface area contributed by atoms with Crippen LogP contribution in [0.15, 0.2) is 36.4 Å². The molecule has 212 valence electrons. The van der Waals surface area contributed by atoms with Gasteiger partial charge < -0.3 is 15.4 Å². The first-order valence-corrected chi connectivity index (χ1v) is 11.5. The van der Waals surface area contributed by atoms with Crippen LogP contribution in [0.4, 0.5) is 22.7 Å². The van der Waals surface area contributed by atoms with Crippen molar-refractivity contribution in [3.63, 3.8) is 0 Å². The van der Waals surface area contributed by atoms with E-state index in [4.69, 9.17) is 4.74 Å². The summed E-state index contributed by atoms with van der Waals surface area (Å²) in [7, 11) is 0. The van der Waals surface area contributed by atoms with Crippen LogP contribution in [0.1, 0.15) is 46.9 Å². The number of nitrogens with zero attached hydrogens (tertiary/aromatic N) is 4. The third-order valence-electron chi connectivity index (χ3n) is 5.25. The normalized spacial score (nSPS) is 11.1. The fourth-order valence-corrected chi connectivity index (χ4v) is 3.38. The van der Waals surface area contributed by atoms with Crippen molar-refractivity contribution < 1.29 is 38.8 Å². The third kappa shape index (κ3) is 8.50. The lowest BCUT2D eigenvalue weighted by Gasteiger charge is -2.17. The minimum Gasteiger partial charge on any atom is -0.464 e. The molecule has 18 nitrogen and oxygen atoms in total. The van der Waals surface area contributed by atoms with Gasteiger partial charge in [-0.05, 0) is 26.2 Å². The second kappa shape index (κ2) is 13.8. The number of nitro groups is 4. The summed E-state index contributed by atoms with van der Waals surface area (Å²) in [6.07, 6.45) is 0.435. The van der Waals surface area contributed by atoms with Crippen molar-refractivity contribution >= 4 is 40.5 Å². The number of non-ortho nitro benzene ring substituents is 4. The van der Waals surface area contributed by atoms with Gasteiger partial charge in [0, 0.05) is 30.8 Å². The molecule has 2 aromatic rings. The molecule has 2 amide bonds. The maximum atomic E-state index is 12.7. The highest BCUT2D eigenvalue weighted by atomic mass is 16.6. The highest BCUT2D eigenvalue weighted by Gasteiger charge is 2.26. The number of benzene rings is 2. The van der Waals surface area contributed by atoms with Crippen molar-refractivity contribution in [2.24, 2.45) is 0 Å². The quantitative estimate of drug-likeness (QED) is 0.146. The molecule has 2 N–H and O–H groups in total. The molecule has 0 spiro atoms. The van der Waals surface area contributed by atoms with E-state index in [9.17, 15) is 54.8 Å². The Hall–Kier alpha value is -5.55. The first-order chi connectivity index (χ1) is 18.8. The molecule has 1 unspecified atom stereocenters. The Morgan fingerprint density at radius 2 is 1.15 bits per heavy atom. The highest BCUT2D eigenvalue weighted by molar-refractivity contribution is 5.98. The molecule has 0 aliphatic rings. The van der Waals surface area contributed by atoms with E-state index >= 15 is 0 Å². The van der Waals surface area contributed by atoms with Crippen molar-refractivity contribution in [3.8, 4) is 0 Å². The lowest BCUT2D eigenvalue weighted by Crippen LogP contribution is -2.42. The average Bonchev–Trinajstić information content (AvgIpc) is 2.91. The van der Waals surface area contributed by atoms with E-state index < -0.39 is 71.8 Å². The Morgan fingerprint density at radius 1 is 0.725 bits per heavy atom. The van der Waals surface area contributed by atoms with Crippen LogP contribution in [-0.2, 0) is 9.53 Å². The Balaban J connectivity index is 2.04. The molecule has 0 saturated carbocycles. The molecule has 0 fully saturated rings. The summed E-state index contributed by atoms with van der Waals surface area (Å²) in [5, 5.41) is 49.0. The van der Waals surface area contributed by atoms with Crippen LogP contribution >= 0.6 is 0 Å². The molecule has 0 heterocycles. The van der Waals surface area contributed by atoms with Gasteiger partial charge in [0.1, 0.15) is 6.04 Å². The topological polar surface area (TPSA) is 257 Å². The van der Waals surface area contributed by atoms with Gasteiger partial charge in [-0.15, -0.1) is 0 Å². The number of carbonyl (C=O) groups excluding carboxylic acids is 3. The van der Waals surface area contributed by atoms with Crippen molar-refractivity contribution in [3.05, 3.63) is 88.0 Å². The van der Waals surface area contributed by atoms with E-state index in [-0.39, 0.29) is 38.0 Å². The zero-order valence-corrected chi connectivity index (χ0v) is 20.8. The van der Waals surface area contributed by atoms with Crippen LogP contribution in [0.25, 0.3) is 0 Å². The fourth-order valence-electron chi connectivity index (χ4n) is 3.38. The minimum atomic E-state index is -1.24. The molecule has 0 radical (unpaired) electrons. The number of nitro benzene ring substituents is 4. The summed E-state index contributed by atoms with van der Waals surface area (Å²) in [4.78, 5) is 78.0. The van der Waals surface area contributed by atoms with Gasteiger partial charge in [-0.3, -0.25) is 50.0 Å². The largest absolute Gasteiger partial charge is 0.464 e. The SMILES string of the molecule is CCOC(=O)C(CCCCNC(=O)c1cc([N+](=O)[O-])cc([N+](=O)[O-])c1)NC(=O)c1cc([N+](=O)[O-])cc([N+](=O)[O-])c1. The molecule has 2 rings (SSSR count). The maximum absolute atomic E-state index is 12.7. The van der Waals surface area contributed by atoms with Crippen molar-refractivity contribution in [2.45, 2.75) is 32.2 Å². The molecular formula is C22H22N6O12. The average molecular weight is 562 g/mol. The summed E-state index contributed by atoms with van der Waals surface area (Å²) >= 11 is 0. The minimum absolute atomic E-state index is 0.00408. The van der Waals surface area contributed by atoms with Crippen LogP contribution in [-0.4, -0.2) is 56.7 Å². The summed E-state index contributed by atoms with van der Waals surface area (Å²) in [6.45, 7) is 1.49. The first-order valence-electron chi connectivity index (χ1n) is 11.5. The zero-order chi connectivity index (χ0) is 30.0. The lowest BCUT2D eigenvalue weighted by atomic mass is 10.1. The Morgan fingerprint density at radius 3 is 1.55 bits per heavy atom. The zero-order valence-electron chi connectivity index (χ0n) is 20.8. The predicted molar refractivity (Wildman–Crippen MR) is 134 cm³/mol. The van der Waals surface area contributed by atoms with Crippen LogP contribution in [0, 0.1) is 40.5 Å².